The molecular formula is C126H136B2N6O2. The Balaban J connectivity index is 0.581. The van der Waals surface area contributed by atoms with Crippen LogP contribution in [-0.2, 0) is 55.2 Å². The maximum atomic E-state index is 7.28. The summed E-state index contributed by atoms with van der Waals surface area (Å²) < 4.78 is 14.2. The molecule has 10 heteroatoms. The van der Waals surface area contributed by atoms with Gasteiger partial charge in [0.05, 0.1) is 33.2 Å². The second kappa shape index (κ2) is 27.0. The van der Waals surface area contributed by atoms with Crippen LogP contribution in [0.3, 0.4) is 0 Å². The number of nitrogens with zero attached hydrogens (tertiary/aromatic N) is 6. The van der Waals surface area contributed by atoms with Crippen LogP contribution in [0.15, 0.2) is 203 Å². The summed E-state index contributed by atoms with van der Waals surface area (Å²) in [5.74, 6) is 0. The molecule has 12 aromatic carbocycles. The van der Waals surface area contributed by atoms with Crippen LogP contribution in [0.1, 0.15) is 321 Å². The fourth-order valence-electron chi connectivity index (χ4n) is 32.0. The quantitative estimate of drug-likeness (QED) is 0.146. The number of benzene rings is 12. The first-order chi connectivity index (χ1) is 64.6. The summed E-state index contributed by atoms with van der Waals surface area (Å²) in [6.07, 6.45) is 22.4. The zero-order valence-electron chi connectivity index (χ0n) is 85.1. The molecule has 4 saturated carbocycles. The normalized spacial score (nSPS) is 26.9. The standard InChI is InChI=1S/C126H136B2N6O2/c1-74-58-101-110-103(60-74)133-112-90(121(17)50-27-31-54-125(121,133)21)64-78(114(3,4)5)66-94(112)127(110)92-44-41-82(132-98-72-87-86(116(9,10)56-57-117(87,11)12)71-89(98)120(16)49-26-30-53-124(120,132)20)69-99(92)129(101)80-42-47-106-85(68-80)83-43-38-76(62-108(83)136-106)73-118(13,14)77-39-46-96-88(63-77)119(15)48-25-29-52-123(119,19)131(96)81-40-45-93-100(70-81)130(97-35-33-37-107-109(97)84-34-23-24-36-105(84)135-107)102-59-75(2)61-104-111(102)128(93)95-67-79(115(6,7)8)65-91-113(95)134(104)126(22)55-32-28-51-122(91,126)18/h23-24,33-47,58-72H,25-32,48-57,73H2,1-22H3. The van der Waals surface area contributed by atoms with Crippen molar-refractivity contribution in [3.05, 3.63) is 261 Å². The molecule has 10 heterocycles. The molecule has 8 atom stereocenters. The van der Waals surface area contributed by atoms with Crippen LogP contribution in [0.5, 0.6) is 0 Å². The molecular weight excluding hydrogens is 1650 g/mol. The van der Waals surface area contributed by atoms with Crippen LogP contribution in [-0.4, -0.2) is 35.6 Å². The number of fused-ring (bicyclic) bond motifs is 27. The minimum Gasteiger partial charge on any atom is -0.456 e. The van der Waals surface area contributed by atoms with Crippen LogP contribution in [0.25, 0.3) is 43.9 Å². The molecule has 2 aromatic heterocycles. The molecule has 0 saturated heterocycles. The number of aryl methyl sites for hydroxylation is 2. The Morgan fingerprint density at radius 2 is 0.750 bits per heavy atom. The van der Waals surface area contributed by atoms with E-state index in [2.05, 4.69) is 376 Å². The lowest BCUT2D eigenvalue weighted by Gasteiger charge is -2.53. The van der Waals surface area contributed by atoms with Crippen LogP contribution in [0.2, 0.25) is 0 Å². The van der Waals surface area contributed by atoms with Crippen molar-refractivity contribution < 1.29 is 8.83 Å². The van der Waals surface area contributed by atoms with Crippen molar-refractivity contribution in [1.82, 2.24) is 0 Å². The van der Waals surface area contributed by atoms with Crippen molar-refractivity contribution in [2.45, 2.75) is 345 Å². The van der Waals surface area contributed by atoms with Gasteiger partial charge in [0.1, 0.15) is 22.3 Å². The van der Waals surface area contributed by atoms with Gasteiger partial charge in [-0.15, -0.1) is 0 Å². The molecule has 4 fully saturated rings. The Morgan fingerprint density at radius 1 is 0.294 bits per heavy atom. The number of hydrogen-bond acceptors (Lipinski definition) is 8. The van der Waals surface area contributed by atoms with Gasteiger partial charge in [-0.25, -0.2) is 0 Å². The van der Waals surface area contributed by atoms with Crippen molar-refractivity contribution in [3.8, 4) is 0 Å². The zero-order valence-corrected chi connectivity index (χ0v) is 85.1. The van der Waals surface area contributed by atoms with E-state index in [4.69, 9.17) is 8.83 Å². The third-order valence-electron chi connectivity index (χ3n) is 40.6. The first-order valence-corrected chi connectivity index (χ1v) is 52.6. The first-order valence-electron chi connectivity index (χ1n) is 52.6. The van der Waals surface area contributed by atoms with E-state index < -0.39 is 0 Å². The van der Waals surface area contributed by atoms with Gasteiger partial charge in [-0.1, -0.05) is 253 Å². The maximum absolute atomic E-state index is 7.28. The molecule has 0 radical (unpaired) electrons. The lowest BCUT2D eigenvalue weighted by atomic mass is 9.33. The minimum atomic E-state index is -0.237. The monoisotopic (exact) mass is 1790 g/mol. The second-order valence-corrected chi connectivity index (χ2v) is 51.3. The van der Waals surface area contributed by atoms with Crippen LogP contribution in [0, 0.1) is 13.8 Å². The number of para-hydroxylation sites is 1. The third-order valence-corrected chi connectivity index (χ3v) is 40.6. The average Bonchev–Trinajstić information content (AvgIpc) is 1.57. The maximum Gasteiger partial charge on any atom is 0.252 e. The van der Waals surface area contributed by atoms with Gasteiger partial charge in [-0.2, -0.15) is 0 Å². The van der Waals surface area contributed by atoms with E-state index in [9.17, 15) is 0 Å². The predicted octanol–water partition coefficient (Wildman–Crippen LogP) is 29.8. The molecule has 8 unspecified atom stereocenters. The molecule has 136 heavy (non-hydrogen) atoms. The second-order valence-electron chi connectivity index (χ2n) is 51.3. The Bertz CT molecular complexity index is 7690. The Kier molecular flexibility index (Phi) is 16.8. The summed E-state index contributed by atoms with van der Waals surface area (Å²) in [5.41, 5.74) is 47.4. The summed E-state index contributed by atoms with van der Waals surface area (Å²) in [6, 6.07) is 79.9. The van der Waals surface area contributed by atoms with Gasteiger partial charge >= 0.3 is 0 Å². The molecule has 8 aliphatic heterocycles. The van der Waals surface area contributed by atoms with Crippen LogP contribution in [0.4, 0.5) is 79.6 Å². The van der Waals surface area contributed by atoms with Gasteiger partial charge in [0.2, 0.25) is 0 Å². The van der Waals surface area contributed by atoms with E-state index in [1.165, 1.54) is 229 Å². The molecule has 13 aliphatic rings. The highest BCUT2D eigenvalue weighted by Gasteiger charge is 2.67. The number of hydrogen-bond donors (Lipinski definition) is 0. The van der Waals surface area contributed by atoms with Crippen molar-refractivity contribution in [2.75, 3.05) is 29.4 Å². The van der Waals surface area contributed by atoms with E-state index in [-0.39, 0.29) is 84.3 Å². The lowest BCUT2D eigenvalue weighted by molar-refractivity contribution is 0.194. The minimum absolute atomic E-state index is 0.0119. The molecule has 27 rings (SSSR count). The summed E-state index contributed by atoms with van der Waals surface area (Å²) in [4.78, 5) is 17.0. The molecule has 5 aliphatic carbocycles. The van der Waals surface area contributed by atoms with Crippen molar-refractivity contribution in [1.29, 1.82) is 0 Å². The lowest BCUT2D eigenvalue weighted by Crippen LogP contribution is -2.64. The fourth-order valence-corrected chi connectivity index (χ4v) is 32.0. The smallest absolute Gasteiger partial charge is 0.252 e. The van der Waals surface area contributed by atoms with Crippen molar-refractivity contribution >= 4 is 170 Å². The molecule has 688 valence electrons. The topological polar surface area (TPSA) is 45.7 Å². The molecule has 8 nitrogen and oxygen atoms in total. The molecule has 0 N–H and O–H groups in total. The molecule has 14 aromatic rings. The summed E-state index contributed by atoms with van der Waals surface area (Å²) in [5, 5.41) is 4.62. The van der Waals surface area contributed by atoms with E-state index in [1.54, 1.807) is 27.8 Å². The van der Waals surface area contributed by atoms with Gasteiger partial charge in [-0.3, -0.25) is 0 Å². The van der Waals surface area contributed by atoms with E-state index >= 15 is 0 Å². The van der Waals surface area contributed by atoms with Crippen molar-refractivity contribution in [2.24, 2.45) is 0 Å². The Labute approximate surface area is 808 Å². The largest absolute Gasteiger partial charge is 0.456 e. The summed E-state index contributed by atoms with van der Waals surface area (Å²) in [6.45, 7) is 55.6. The van der Waals surface area contributed by atoms with Gasteiger partial charge in [-0.05, 0) is 342 Å². The number of rotatable bonds is 7. The van der Waals surface area contributed by atoms with Gasteiger partial charge < -0.3 is 38.2 Å². The van der Waals surface area contributed by atoms with Crippen LogP contribution < -0.4 is 62.2 Å². The summed E-state index contributed by atoms with van der Waals surface area (Å²) in [7, 11) is 0. The predicted molar refractivity (Wildman–Crippen MR) is 576 cm³/mol. The third kappa shape index (κ3) is 10.6. The number of furan rings is 2. The Morgan fingerprint density at radius 3 is 1.31 bits per heavy atom. The van der Waals surface area contributed by atoms with Crippen molar-refractivity contribution in [3.63, 3.8) is 0 Å². The summed E-state index contributed by atoms with van der Waals surface area (Å²) >= 11 is 0. The number of anilines is 14. The van der Waals surface area contributed by atoms with E-state index in [0.29, 0.717) is 0 Å². The fraction of sp³-hybridized carbons (Fsp3) is 0.429. The van der Waals surface area contributed by atoms with Gasteiger partial charge in [0, 0.05) is 112 Å². The van der Waals surface area contributed by atoms with E-state index in [1.807, 2.05) is 0 Å². The highest BCUT2D eigenvalue weighted by molar-refractivity contribution is 7.01. The molecule has 0 spiro atoms. The first kappa shape index (κ1) is 84.5. The SMILES string of the molecule is Cc1cc2c3c(c1)N1c4c(cc(C(C)(C)C)cc4C4(C)CCCCC14C)B3c1ccc(N3c4cc5c(cc4C4(C)CCCCC34C)C(C)(C)CCC5(C)C)cc1N2c1ccc2oc3cc(CC(C)(C)c4ccc5c(c4)C4(C)CCCCC4(C)N5c4ccc5c(c4)N(c4cccc6oc7ccccc7c46)c4cc(C)cc6c4B5c4cc(C(C)(C)C)cc5c4N6C4(C)CCCCC54C)ccc3c2c1. The zero-order chi connectivity index (χ0) is 93.7. The van der Waals surface area contributed by atoms with Gasteiger partial charge in [0.25, 0.3) is 13.4 Å². The van der Waals surface area contributed by atoms with E-state index in [0.717, 1.165) is 88.1 Å². The van der Waals surface area contributed by atoms with Gasteiger partial charge in [0.15, 0.2) is 0 Å². The Hall–Kier alpha value is -10.8. The highest BCUT2D eigenvalue weighted by Crippen LogP contribution is 2.69. The average molecular weight is 1790 g/mol. The highest BCUT2D eigenvalue weighted by atomic mass is 16.3. The van der Waals surface area contributed by atoms with Crippen LogP contribution >= 0.6 is 0 Å². The molecule has 0 bridgehead atoms. The molecule has 0 amide bonds.